The van der Waals surface area contributed by atoms with E-state index in [1.54, 1.807) is 12.1 Å². The maximum Gasteiger partial charge on any atom is 0.242 e. The van der Waals surface area contributed by atoms with Gasteiger partial charge in [-0.15, -0.1) is 0 Å². The Morgan fingerprint density at radius 3 is 2.67 bits per heavy atom. The summed E-state index contributed by atoms with van der Waals surface area (Å²) < 4.78 is 0. The quantitative estimate of drug-likeness (QED) is 0.928. The van der Waals surface area contributed by atoms with E-state index in [4.69, 9.17) is 11.6 Å². The number of benzene rings is 1. The molecule has 2 rings (SSSR count). The lowest BCUT2D eigenvalue weighted by Gasteiger charge is -2.33. The van der Waals surface area contributed by atoms with Crippen LogP contribution in [0.2, 0.25) is 5.02 Å². The Kier molecular flexibility index (Phi) is 5.62. The van der Waals surface area contributed by atoms with Crippen LogP contribution in [-0.2, 0) is 16.0 Å². The van der Waals surface area contributed by atoms with Crippen LogP contribution in [0.25, 0.3) is 0 Å². The minimum absolute atomic E-state index is 0.00616. The van der Waals surface area contributed by atoms with Crippen LogP contribution in [0.1, 0.15) is 31.7 Å². The molecule has 1 aromatic rings. The Hall–Kier alpha value is -1.55. The van der Waals surface area contributed by atoms with Gasteiger partial charge in [0.2, 0.25) is 11.8 Å². The number of hydrogen-bond acceptors (Lipinski definition) is 2. The van der Waals surface area contributed by atoms with Gasteiger partial charge in [-0.05, 0) is 43.9 Å². The molecule has 0 aromatic heterocycles. The van der Waals surface area contributed by atoms with Gasteiger partial charge in [-0.2, -0.15) is 0 Å². The normalized spacial score (nSPS) is 18.4. The zero-order valence-corrected chi connectivity index (χ0v) is 13.0. The number of amides is 2. The molecule has 5 heteroatoms. The Bertz CT molecular complexity index is 502. The third-order valence-electron chi connectivity index (χ3n) is 3.84. The number of nitrogens with one attached hydrogen (secondary N) is 1. The fourth-order valence-corrected chi connectivity index (χ4v) is 2.72. The van der Waals surface area contributed by atoms with E-state index in [2.05, 4.69) is 12.2 Å². The molecule has 0 saturated carbocycles. The van der Waals surface area contributed by atoms with Gasteiger partial charge in [0.05, 0.1) is 13.0 Å². The number of halogens is 1. The minimum atomic E-state index is -0.143. The molecule has 1 saturated heterocycles. The monoisotopic (exact) mass is 308 g/mol. The third kappa shape index (κ3) is 4.74. The lowest BCUT2D eigenvalue weighted by molar-refractivity contribution is -0.135. The number of carbonyl (C=O) groups excluding carboxylic acids is 2. The highest BCUT2D eigenvalue weighted by atomic mass is 35.5. The summed E-state index contributed by atoms with van der Waals surface area (Å²) in [6.45, 7) is 2.94. The number of carbonyl (C=O) groups is 2. The summed E-state index contributed by atoms with van der Waals surface area (Å²) >= 11 is 5.80. The van der Waals surface area contributed by atoms with Crippen molar-refractivity contribution in [1.82, 2.24) is 10.2 Å². The SMILES string of the molecule is C[C@@H]1CCCCN1C(=O)CNC(=O)Cc1ccc(Cl)cc1. The molecule has 21 heavy (non-hydrogen) atoms. The van der Waals surface area contributed by atoms with E-state index in [-0.39, 0.29) is 30.8 Å². The fourth-order valence-electron chi connectivity index (χ4n) is 2.59. The molecule has 1 atom stereocenters. The smallest absolute Gasteiger partial charge is 0.242 e. The largest absolute Gasteiger partial charge is 0.347 e. The van der Waals surface area contributed by atoms with Gasteiger partial charge in [-0.3, -0.25) is 9.59 Å². The van der Waals surface area contributed by atoms with Crippen molar-refractivity contribution in [1.29, 1.82) is 0 Å². The van der Waals surface area contributed by atoms with Gasteiger partial charge in [-0.25, -0.2) is 0 Å². The van der Waals surface area contributed by atoms with Crippen molar-refractivity contribution in [3.05, 3.63) is 34.9 Å². The number of likely N-dealkylation sites (tertiary alicyclic amines) is 1. The van der Waals surface area contributed by atoms with Gasteiger partial charge in [-0.1, -0.05) is 23.7 Å². The van der Waals surface area contributed by atoms with Gasteiger partial charge < -0.3 is 10.2 Å². The predicted molar refractivity (Wildman–Crippen MR) is 83.2 cm³/mol. The van der Waals surface area contributed by atoms with Crippen LogP contribution < -0.4 is 5.32 Å². The molecular weight excluding hydrogens is 288 g/mol. The van der Waals surface area contributed by atoms with Crippen molar-refractivity contribution in [3.8, 4) is 0 Å². The maximum absolute atomic E-state index is 12.1. The van der Waals surface area contributed by atoms with E-state index in [9.17, 15) is 9.59 Å². The Labute approximate surface area is 130 Å². The molecule has 1 aromatic carbocycles. The fraction of sp³-hybridized carbons (Fsp3) is 0.500. The first-order valence-corrected chi connectivity index (χ1v) is 7.74. The zero-order chi connectivity index (χ0) is 15.2. The number of rotatable bonds is 4. The van der Waals surface area contributed by atoms with Crippen molar-refractivity contribution >= 4 is 23.4 Å². The topological polar surface area (TPSA) is 49.4 Å². The van der Waals surface area contributed by atoms with E-state index in [0.29, 0.717) is 5.02 Å². The van der Waals surface area contributed by atoms with Crippen LogP contribution in [-0.4, -0.2) is 35.8 Å². The Balaban J connectivity index is 1.78. The van der Waals surface area contributed by atoms with Gasteiger partial charge in [0, 0.05) is 17.6 Å². The summed E-state index contributed by atoms with van der Waals surface area (Å²) in [6, 6.07) is 7.42. The van der Waals surface area contributed by atoms with Crippen LogP contribution in [0.4, 0.5) is 0 Å². The molecule has 1 aliphatic rings. The lowest BCUT2D eigenvalue weighted by Crippen LogP contribution is -2.47. The summed E-state index contributed by atoms with van der Waals surface area (Å²) in [5.74, 6) is -0.137. The molecule has 0 bridgehead atoms. The van der Waals surface area contributed by atoms with Crippen LogP contribution in [0.5, 0.6) is 0 Å². The molecule has 4 nitrogen and oxygen atoms in total. The van der Waals surface area contributed by atoms with Crippen molar-refractivity contribution in [3.63, 3.8) is 0 Å². The van der Waals surface area contributed by atoms with Gasteiger partial charge in [0.1, 0.15) is 0 Å². The van der Waals surface area contributed by atoms with E-state index in [1.807, 2.05) is 17.0 Å². The third-order valence-corrected chi connectivity index (χ3v) is 4.09. The molecule has 1 N–H and O–H groups in total. The van der Waals surface area contributed by atoms with E-state index < -0.39 is 0 Å². The molecule has 0 unspecified atom stereocenters. The lowest BCUT2D eigenvalue weighted by atomic mass is 10.0. The second-order valence-corrected chi connectivity index (χ2v) is 5.95. The van der Waals surface area contributed by atoms with E-state index >= 15 is 0 Å². The molecule has 1 heterocycles. The summed E-state index contributed by atoms with van der Waals surface area (Å²) in [4.78, 5) is 25.8. The van der Waals surface area contributed by atoms with Crippen LogP contribution >= 0.6 is 11.6 Å². The summed E-state index contributed by atoms with van der Waals surface area (Å²) in [5, 5.41) is 3.35. The standard InChI is InChI=1S/C16H21ClN2O2/c1-12-4-2-3-9-19(12)16(21)11-18-15(20)10-13-5-7-14(17)8-6-13/h5-8,12H,2-4,9-11H2,1H3,(H,18,20)/t12-/m1/s1. The van der Waals surface area contributed by atoms with Gasteiger partial charge in [0.25, 0.3) is 0 Å². The van der Waals surface area contributed by atoms with E-state index in [0.717, 1.165) is 24.9 Å². The first kappa shape index (κ1) is 15.8. The van der Waals surface area contributed by atoms with E-state index in [1.165, 1.54) is 6.42 Å². The molecule has 0 aliphatic carbocycles. The molecule has 1 aliphatic heterocycles. The highest BCUT2D eigenvalue weighted by Crippen LogP contribution is 2.16. The average Bonchev–Trinajstić information content (AvgIpc) is 2.48. The predicted octanol–water partition coefficient (Wildman–Crippen LogP) is 2.40. The van der Waals surface area contributed by atoms with Crippen molar-refractivity contribution in [2.24, 2.45) is 0 Å². The molecular formula is C16H21ClN2O2. The highest BCUT2D eigenvalue weighted by Gasteiger charge is 2.23. The molecule has 0 radical (unpaired) electrons. The Morgan fingerprint density at radius 1 is 1.29 bits per heavy atom. The van der Waals surface area contributed by atoms with Crippen LogP contribution in [0, 0.1) is 0 Å². The summed E-state index contributed by atoms with van der Waals surface area (Å²) in [7, 11) is 0. The maximum atomic E-state index is 12.1. The van der Waals surface area contributed by atoms with Crippen molar-refractivity contribution in [2.45, 2.75) is 38.6 Å². The van der Waals surface area contributed by atoms with Gasteiger partial charge in [0.15, 0.2) is 0 Å². The summed E-state index contributed by atoms with van der Waals surface area (Å²) in [6.07, 6.45) is 3.53. The number of nitrogens with zero attached hydrogens (tertiary/aromatic N) is 1. The van der Waals surface area contributed by atoms with Crippen molar-refractivity contribution < 1.29 is 9.59 Å². The zero-order valence-electron chi connectivity index (χ0n) is 12.3. The minimum Gasteiger partial charge on any atom is -0.347 e. The first-order valence-electron chi connectivity index (χ1n) is 7.37. The summed E-state index contributed by atoms with van der Waals surface area (Å²) in [5.41, 5.74) is 0.885. The highest BCUT2D eigenvalue weighted by molar-refractivity contribution is 6.30. The van der Waals surface area contributed by atoms with Crippen molar-refractivity contribution in [2.75, 3.05) is 13.1 Å². The van der Waals surface area contributed by atoms with Crippen LogP contribution in [0.15, 0.2) is 24.3 Å². The molecule has 2 amide bonds. The average molecular weight is 309 g/mol. The van der Waals surface area contributed by atoms with Crippen LogP contribution in [0.3, 0.4) is 0 Å². The number of hydrogen-bond donors (Lipinski definition) is 1. The second kappa shape index (κ2) is 7.46. The first-order chi connectivity index (χ1) is 10.1. The number of piperidine rings is 1. The second-order valence-electron chi connectivity index (χ2n) is 5.51. The Morgan fingerprint density at radius 2 is 2.00 bits per heavy atom. The molecule has 1 fully saturated rings. The molecule has 0 spiro atoms. The molecule has 114 valence electrons. The van der Waals surface area contributed by atoms with Gasteiger partial charge >= 0.3 is 0 Å².